The quantitative estimate of drug-likeness (QED) is 0.747. The standard InChI is InChI=1S/C20H20N2O5S/c23-19(13-18-15-6-2-3-7-16(15)20(24)27-18)21-10-12-28(25,26)22-11-9-14-5-1-4-8-17(14)22/h1-8,18H,9-13H2,(H,21,23). The number of nitrogens with one attached hydrogen (secondary N) is 1. The SMILES string of the molecule is O=C(CC1OC(=O)c2ccccc21)NCCS(=O)(=O)N1CCc2ccccc21. The smallest absolute Gasteiger partial charge is 0.339 e. The van der Waals surface area contributed by atoms with Crippen molar-refractivity contribution in [2.45, 2.75) is 18.9 Å². The lowest BCUT2D eigenvalue weighted by atomic mass is 10.0. The van der Waals surface area contributed by atoms with Gasteiger partial charge < -0.3 is 10.1 Å². The summed E-state index contributed by atoms with van der Waals surface area (Å²) in [6.07, 6.45) is 0.0228. The van der Waals surface area contributed by atoms with Crippen molar-refractivity contribution < 1.29 is 22.7 Å². The Morgan fingerprint density at radius 3 is 2.75 bits per heavy atom. The van der Waals surface area contributed by atoms with Crippen molar-refractivity contribution in [1.29, 1.82) is 0 Å². The summed E-state index contributed by atoms with van der Waals surface area (Å²) in [5.74, 6) is -0.983. The van der Waals surface area contributed by atoms with Crippen LogP contribution in [0.15, 0.2) is 48.5 Å². The first-order chi connectivity index (χ1) is 13.5. The molecule has 0 saturated heterocycles. The lowest BCUT2D eigenvalue weighted by molar-refractivity contribution is -0.122. The summed E-state index contributed by atoms with van der Waals surface area (Å²) in [7, 11) is -3.52. The number of carbonyl (C=O) groups excluding carboxylic acids is 2. The minimum atomic E-state index is -3.52. The molecule has 2 aromatic rings. The van der Waals surface area contributed by atoms with Crippen LogP contribution in [0.3, 0.4) is 0 Å². The third kappa shape index (κ3) is 3.47. The second-order valence-electron chi connectivity index (χ2n) is 6.80. The molecule has 28 heavy (non-hydrogen) atoms. The van der Waals surface area contributed by atoms with Crippen LogP contribution in [0.1, 0.15) is 34.0 Å². The lowest BCUT2D eigenvalue weighted by Gasteiger charge is -2.19. The number of rotatable bonds is 6. The highest BCUT2D eigenvalue weighted by atomic mass is 32.2. The highest BCUT2D eigenvalue weighted by Gasteiger charge is 2.32. The van der Waals surface area contributed by atoms with Crippen LogP contribution < -0.4 is 9.62 Å². The average molecular weight is 400 g/mol. The molecule has 1 unspecified atom stereocenters. The van der Waals surface area contributed by atoms with E-state index in [2.05, 4.69) is 5.32 Å². The second kappa shape index (κ2) is 7.27. The highest BCUT2D eigenvalue weighted by Crippen LogP contribution is 2.33. The van der Waals surface area contributed by atoms with Crippen LogP contribution in [-0.4, -0.2) is 39.1 Å². The van der Waals surface area contributed by atoms with E-state index in [-0.39, 0.29) is 24.6 Å². The average Bonchev–Trinajstić information content (AvgIpc) is 3.24. The topological polar surface area (TPSA) is 92.8 Å². The molecular weight excluding hydrogens is 380 g/mol. The Morgan fingerprint density at radius 1 is 1.14 bits per heavy atom. The molecule has 2 aliphatic rings. The van der Waals surface area contributed by atoms with Gasteiger partial charge in [0.15, 0.2) is 0 Å². The van der Waals surface area contributed by atoms with E-state index in [9.17, 15) is 18.0 Å². The summed E-state index contributed by atoms with van der Waals surface area (Å²) in [4.78, 5) is 24.0. The molecule has 1 N–H and O–H groups in total. The van der Waals surface area contributed by atoms with E-state index in [1.807, 2.05) is 18.2 Å². The Hall–Kier alpha value is -2.87. The van der Waals surface area contributed by atoms with Gasteiger partial charge in [0.05, 0.1) is 23.4 Å². The summed E-state index contributed by atoms with van der Waals surface area (Å²) in [5, 5.41) is 2.62. The van der Waals surface area contributed by atoms with Crippen LogP contribution in [0.25, 0.3) is 0 Å². The van der Waals surface area contributed by atoms with Gasteiger partial charge in [-0.25, -0.2) is 13.2 Å². The fourth-order valence-corrected chi connectivity index (χ4v) is 5.07. The molecule has 2 heterocycles. The molecule has 0 fully saturated rings. The molecular formula is C20H20N2O5S. The number of anilines is 1. The van der Waals surface area contributed by atoms with E-state index in [0.717, 1.165) is 5.56 Å². The number of hydrogen-bond donors (Lipinski definition) is 1. The van der Waals surface area contributed by atoms with Crippen molar-refractivity contribution in [1.82, 2.24) is 5.32 Å². The monoisotopic (exact) mass is 400 g/mol. The summed E-state index contributed by atoms with van der Waals surface area (Å²) < 4.78 is 31.9. The van der Waals surface area contributed by atoms with E-state index in [1.165, 1.54) is 4.31 Å². The first-order valence-electron chi connectivity index (χ1n) is 9.10. The molecule has 0 saturated carbocycles. The minimum absolute atomic E-state index is 0.00213. The van der Waals surface area contributed by atoms with Gasteiger partial charge in [0.2, 0.25) is 15.9 Å². The first-order valence-corrected chi connectivity index (χ1v) is 10.7. The fraction of sp³-hybridized carbons (Fsp3) is 0.300. The number of amides is 1. The number of carbonyl (C=O) groups is 2. The zero-order chi connectivity index (χ0) is 19.7. The van der Waals surface area contributed by atoms with Crippen molar-refractivity contribution in [3.63, 3.8) is 0 Å². The first kappa shape index (κ1) is 18.5. The number of benzene rings is 2. The molecule has 2 aliphatic heterocycles. The van der Waals surface area contributed by atoms with Gasteiger partial charge >= 0.3 is 5.97 Å². The Kier molecular flexibility index (Phi) is 4.80. The summed E-state index contributed by atoms with van der Waals surface area (Å²) in [5.41, 5.74) is 2.87. The maximum Gasteiger partial charge on any atom is 0.339 e. The number of cyclic esters (lactones) is 1. The van der Waals surface area contributed by atoms with Crippen molar-refractivity contribution in [3.8, 4) is 0 Å². The van der Waals surface area contributed by atoms with Gasteiger partial charge in [0, 0.05) is 18.7 Å². The molecule has 4 rings (SSSR count). The molecule has 0 aliphatic carbocycles. The normalized spacial score (nSPS) is 17.8. The van der Waals surface area contributed by atoms with Gasteiger partial charge in [-0.3, -0.25) is 9.10 Å². The van der Waals surface area contributed by atoms with E-state index in [4.69, 9.17) is 4.74 Å². The molecule has 2 aromatic carbocycles. The van der Waals surface area contributed by atoms with Gasteiger partial charge in [0.1, 0.15) is 6.10 Å². The number of esters is 1. The maximum absolute atomic E-state index is 12.6. The van der Waals surface area contributed by atoms with E-state index < -0.39 is 22.1 Å². The molecule has 0 radical (unpaired) electrons. The van der Waals surface area contributed by atoms with E-state index >= 15 is 0 Å². The van der Waals surface area contributed by atoms with Crippen molar-refractivity contribution >= 4 is 27.6 Å². The molecule has 0 bridgehead atoms. The largest absolute Gasteiger partial charge is 0.453 e. The molecule has 8 heteroatoms. The molecule has 7 nitrogen and oxygen atoms in total. The van der Waals surface area contributed by atoms with Gasteiger partial charge in [-0.15, -0.1) is 0 Å². The zero-order valence-electron chi connectivity index (χ0n) is 15.1. The van der Waals surface area contributed by atoms with Crippen LogP contribution in [-0.2, 0) is 26.0 Å². The predicted octanol–water partition coefficient (Wildman–Crippen LogP) is 1.80. The Balaban J connectivity index is 1.32. The molecule has 1 atom stereocenters. The van der Waals surface area contributed by atoms with Gasteiger partial charge in [-0.1, -0.05) is 36.4 Å². The fourth-order valence-electron chi connectivity index (χ4n) is 3.64. The van der Waals surface area contributed by atoms with Crippen LogP contribution in [0.2, 0.25) is 0 Å². The third-order valence-corrected chi connectivity index (χ3v) is 6.78. The summed E-state index contributed by atoms with van der Waals surface area (Å²) >= 11 is 0. The Bertz CT molecular complexity index is 1030. The Labute approximate surface area is 163 Å². The molecule has 0 spiro atoms. The number of hydrogen-bond acceptors (Lipinski definition) is 5. The number of ether oxygens (including phenoxy) is 1. The van der Waals surface area contributed by atoms with Crippen molar-refractivity contribution in [3.05, 3.63) is 65.2 Å². The number of para-hydroxylation sites is 1. The molecule has 0 aromatic heterocycles. The minimum Gasteiger partial charge on any atom is -0.453 e. The summed E-state index contributed by atoms with van der Waals surface area (Å²) in [6.45, 7) is 0.423. The highest BCUT2D eigenvalue weighted by molar-refractivity contribution is 7.92. The summed E-state index contributed by atoms with van der Waals surface area (Å²) in [6, 6.07) is 14.4. The molecule has 146 valence electrons. The van der Waals surface area contributed by atoms with Gasteiger partial charge in [-0.05, 0) is 24.1 Å². The Morgan fingerprint density at radius 2 is 1.89 bits per heavy atom. The third-order valence-electron chi connectivity index (χ3n) is 5.01. The number of fused-ring (bicyclic) bond motifs is 2. The predicted molar refractivity (Wildman–Crippen MR) is 104 cm³/mol. The van der Waals surface area contributed by atoms with E-state index in [1.54, 1.807) is 30.3 Å². The van der Waals surface area contributed by atoms with Crippen LogP contribution in [0.4, 0.5) is 5.69 Å². The lowest BCUT2D eigenvalue weighted by Crippen LogP contribution is -2.37. The van der Waals surface area contributed by atoms with Crippen LogP contribution >= 0.6 is 0 Å². The maximum atomic E-state index is 12.6. The second-order valence-corrected chi connectivity index (χ2v) is 8.81. The number of sulfonamides is 1. The van der Waals surface area contributed by atoms with Crippen LogP contribution in [0.5, 0.6) is 0 Å². The van der Waals surface area contributed by atoms with Gasteiger partial charge in [0.25, 0.3) is 0 Å². The van der Waals surface area contributed by atoms with E-state index in [0.29, 0.717) is 29.8 Å². The molecule has 1 amide bonds. The number of nitrogens with zero attached hydrogens (tertiary/aromatic N) is 1. The van der Waals surface area contributed by atoms with Crippen molar-refractivity contribution in [2.75, 3.05) is 23.1 Å². The zero-order valence-corrected chi connectivity index (χ0v) is 15.9. The van der Waals surface area contributed by atoms with Crippen molar-refractivity contribution in [2.24, 2.45) is 0 Å². The van der Waals surface area contributed by atoms with Crippen LogP contribution in [0, 0.1) is 0 Å². The van der Waals surface area contributed by atoms with Gasteiger partial charge in [-0.2, -0.15) is 0 Å².